The molecule has 0 unspecified atom stereocenters. The van der Waals surface area contributed by atoms with Crippen LogP contribution in [0.3, 0.4) is 0 Å². The van der Waals surface area contributed by atoms with Crippen LogP contribution in [0.4, 0.5) is 0 Å². The van der Waals surface area contributed by atoms with Crippen LogP contribution in [0.5, 0.6) is 0 Å². The minimum absolute atomic E-state index is 1.10. The van der Waals surface area contributed by atoms with Crippen molar-refractivity contribution in [2.24, 2.45) is 0 Å². The first-order valence-corrected chi connectivity index (χ1v) is 8.50. The Balaban J connectivity index is 2.17. The number of benzene rings is 2. The summed E-state index contributed by atoms with van der Waals surface area (Å²) >= 11 is 0. The highest BCUT2D eigenvalue weighted by molar-refractivity contribution is 8.76. The van der Waals surface area contributed by atoms with Crippen molar-refractivity contribution in [1.29, 1.82) is 0 Å². The molecule has 0 radical (unpaired) electrons. The first-order chi connectivity index (χ1) is 8.85. The van der Waals surface area contributed by atoms with E-state index >= 15 is 0 Å². The van der Waals surface area contributed by atoms with Crippen LogP contribution >= 0.6 is 21.6 Å². The summed E-state index contributed by atoms with van der Waals surface area (Å²) < 4.78 is 0. The van der Waals surface area contributed by atoms with Crippen molar-refractivity contribution in [1.82, 2.24) is 0 Å². The van der Waals surface area contributed by atoms with Gasteiger partial charge in [0.05, 0.1) is 0 Å². The molecule has 0 spiro atoms. The summed E-state index contributed by atoms with van der Waals surface area (Å²) in [5, 5.41) is 0. The zero-order valence-electron chi connectivity index (χ0n) is 10.8. The Morgan fingerprint density at radius 2 is 1.33 bits per heavy atom. The number of rotatable bonds is 5. The lowest BCUT2D eigenvalue weighted by atomic mass is 10.1. The third-order valence-corrected chi connectivity index (χ3v) is 5.47. The Morgan fingerprint density at radius 3 is 1.89 bits per heavy atom. The van der Waals surface area contributed by atoms with E-state index in [1.807, 2.05) is 21.6 Å². The molecule has 18 heavy (non-hydrogen) atoms. The maximum atomic E-state index is 2.24. The van der Waals surface area contributed by atoms with Crippen LogP contribution in [0.1, 0.15) is 25.0 Å². The fourth-order valence-electron chi connectivity index (χ4n) is 1.87. The van der Waals surface area contributed by atoms with E-state index < -0.39 is 0 Å². The van der Waals surface area contributed by atoms with E-state index in [9.17, 15) is 0 Å². The zero-order valence-corrected chi connectivity index (χ0v) is 12.5. The first kappa shape index (κ1) is 13.6. The summed E-state index contributed by atoms with van der Waals surface area (Å²) in [6.45, 7) is 4.46. The Morgan fingerprint density at radius 1 is 0.722 bits per heavy atom. The largest absolute Gasteiger partial charge is 0.0622 e. The van der Waals surface area contributed by atoms with Crippen molar-refractivity contribution >= 4 is 21.6 Å². The van der Waals surface area contributed by atoms with Crippen LogP contribution in [0.25, 0.3) is 0 Å². The number of aryl methyl sites for hydroxylation is 2. The topological polar surface area (TPSA) is 0 Å². The standard InChI is InChI=1S/C16H18S2/c1-3-13-9-8-10-14(4-2)16(13)18-17-15-11-6-5-7-12-15/h5-12H,3-4H2,1-2H3. The molecule has 2 aromatic rings. The van der Waals surface area contributed by atoms with Gasteiger partial charge in [-0.25, -0.2) is 0 Å². The van der Waals surface area contributed by atoms with Crippen molar-refractivity contribution < 1.29 is 0 Å². The van der Waals surface area contributed by atoms with Gasteiger partial charge in [0.15, 0.2) is 0 Å². The molecule has 0 aliphatic carbocycles. The highest BCUT2D eigenvalue weighted by atomic mass is 33.1. The van der Waals surface area contributed by atoms with Crippen molar-refractivity contribution in [2.75, 3.05) is 0 Å². The molecule has 0 atom stereocenters. The van der Waals surface area contributed by atoms with E-state index in [2.05, 4.69) is 62.4 Å². The highest BCUT2D eigenvalue weighted by Gasteiger charge is 2.07. The van der Waals surface area contributed by atoms with Gasteiger partial charge in [-0.3, -0.25) is 0 Å². The monoisotopic (exact) mass is 274 g/mol. The van der Waals surface area contributed by atoms with Gasteiger partial charge in [-0.2, -0.15) is 0 Å². The second-order valence-corrected chi connectivity index (χ2v) is 6.31. The predicted octanol–water partition coefficient (Wildman–Crippen LogP) is 5.61. The van der Waals surface area contributed by atoms with Crippen molar-refractivity contribution in [3.05, 3.63) is 59.7 Å². The summed E-state index contributed by atoms with van der Waals surface area (Å²) in [5.74, 6) is 0. The third kappa shape index (κ3) is 3.33. The molecule has 0 fully saturated rings. The maximum Gasteiger partial charge on any atom is 0.0250 e. The molecule has 0 aliphatic heterocycles. The molecule has 0 nitrogen and oxygen atoms in total. The Labute approximate surface area is 118 Å². The molecule has 0 aliphatic rings. The highest BCUT2D eigenvalue weighted by Crippen LogP contribution is 2.41. The van der Waals surface area contributed by atoms with Gasteiger partial charge in [-0.1, -0.05) is 71.8 Å². The average molecular weight is 274 g/mol. The molecule has 0 bridgehead atoms. The van der Waals surface area contributed by atoms with E-state index in [0.29, 0.717) is 0 Å². The molecule has 94 valence electrons. The van der Waals surface area contributed by atoms with Crippen LogP contribution in [-0.4, -0.2) is 0 Å². The van der Waals surface area contributed by atoms with Gasteiger partial charge in [0.1, 0.15) is 0 Å². The summed E-state index contributed by atoms with van der Waals surface area (Å²) in [4.78, 5) is 2.77. The van der Waals surface area contributed by atoms with Crippen molar-refractivity contribution in [3.8, 4) is 0 Å². The Kier molecular flexibility index (Phi) is 5.21. The Bertz CT molecular complexity index is 469. The minimum Gasteiger partial charge on any atom is -0.0622 e. The lowest BCUT2D eigenvalue weighted by Gasteiger charge is -2.11. The quantitative estimate of drug-likeness (QED) is 0.650. The fourth-order valence-corrected chi connectivity index (χ4v) is 4.47. The van der Waals surface area contributed by atoms with E-state index in [4.69, 9.17) is 0 Å². The maximum absolute atomic E-state index is 2.24. The molecule has 0 saturated carbocycles. The lowest BCUT2D eigenvalue weighted by Crippen LogP contribution is -1.90. The molecule has 0 heterocycles. The summed E-state index contributed by atoms with van der Waals surface area (Å²) in [7, 11) is 3.74. The van der Waals surface area contributed by atoms with Gasteiger partial charge < -0.3 is 0 Å². The molecule has 2 rings (SSSR count). The molecule has 0 amide bonds. The average Bonchev–Trinajstić information content (AvgIpc) is 2.45. The SMILES string of the molecule is CCc1cccc(CC)c1SSc1ccccc1. The van der Waals surface area contributed by atoms with E-state index in [-0.39, 0.29) is 0 Å². The third-order valence-electron chi connectivity index (χ3n) is 2.90. The van der Waals surface area contributed by atoms with Gasteiger partial charge in [0.2, 0.25) is 0 Å². The molecule has 2 aromatic carbocycles. The minimum atomic E-state index is 1.10. The van der Waals surface area contributed by atoms with Crippen LogP contribution in [0.15, 0.2) is 58.3 Å². The number of hydrogen-bond acceptors (Lipinski definition) is 2. The molecule has 0 saturated heterocycles. The fraction of sp³-hybridized carbons (Fsp3) is 0.250. The number of hydrogen-bond donors (Lipinski definition) is 0. The van der Waals surface area contributed by atoms with Crippen LogP contribution in [-0.2, 0) is 12.8 Å². The second kappa shape index (κ2) is 6.91. The van der Waals surface area contributed by atoms with E-state index in [1.165, 1.54) is 20.9 Å². The van der Waals surface area contributed by atoms with E-state index in [0.717, 1.165) is 12.8 Å². The molecule has 2 heteroatoms. The summed E-state index contributed by atoms with van der Waals surface area (Å²) in [5.41, 5.74) is 2.92. The van der Waals surface area contributed by atoms with Crippen molar-refractivity contribution in [2.45, 2.75) is 36.5 Å². The van der Waals surface area contributed by atoms with Gasteiger partial charge in [-0.15, -0.1) is 0 Å². The van der Waals surface area contributed by atoms with Gasteiger partial charge in [0, 0.05) is 9.79 Å². The predicted molar refractivity (Wildman–Crippen MR) is 83.4 cm³/mol. The van der Waals surface area contributed by atoms with Crippen LogP contribution in [0, 0.1) is 0 Å². The second-order valence-electron chi connectivity index (χ2n) is 4.09. The summed E-state index contributed by atoms with van der Waals surface area (Å²) in [6, 6.07) is 17.2. The van der Waals surface area contributed by atoms with E-state index in [1.54, 1.807) is 0 Å². The molecule has 0 N–H and O–H groups in total. The molecular formula is C16H18S2. The van der Waals surface area contributed by atoms with Gasteiger partial charge in [-0.05, 0) is 36.1 Å². The Hall–Kier alpha value is -0.860. The zero-order chi connectivity index (χ0) is 12.8. The van der Waals surface area contributed by atoms with Gasteiger partial charge >= 0.3 is 0 Å². The summed E-state index contributed by atoms with van der Waals surface area (Å²) in [6.07, 6.45) is 2.21. The van der Waals surface area contributed by atoms with Gasteiger partial charge in [0.25, 0.3) is 0 Å². The van der Waals surface area contributed by atoms with Crippen molar-refractivity contribution in [3.63, 3.8) is 0 Å². The first-order valence-electron chi connectivity index (χ1n) is 6.35. The smallest absolute Gasteiger partial charge is 0.0250 e. The molecule has 0 aromatic heterocycles. The van der Waals surface area contributed by atoms with Crippen LogP contribution in [0.2, 0.25) is 0 Å². The van der Waals surface area contributed by atoms with Crippen LogP contribution < -0.4 is 0 Å². The lowest BCUT2D eigenvalue weighted by molar-refractivity contribution is 1.01. The normalized spacial score (nSPS) is 10.6. The molecular weight excluding hydrogens is 256 g/mol.